The van der Waals surface area contributed by atoms with Crippen LogP contribution in [0.15, 0.2) is 0 Å². The number of likely N-dealkylation sites (tertiary alicyclic amines) is 1. The van der Waals surface area contributed by atoms with Crippen LogP contribution in [0.4, 0.5) is 0 Å². The van der Waals surface area contributed by atoms with Gasteiger partial charge in [-0.25, -0.2) is 4.79 Å². The topological polar surface area (TPSA) is 141 Å². The molecule has 1 heterocycles. The molecule has 1 saturated heterocycles. The second-order valence-corrected chi connectivity index (χ2v) is 10.5. The van der Waals surface area contributed by atoms with Crippen LogP contribution in [-0.2, 0) is 33.4 Å². The molecule has 0 saturated carbocycles. The molecule has 262 valence electrons. The Morgan fingerprint density at radius 2 is 1.50 bits per heavy atom. The molecule has 1 rings (SSSR count). The Morgan fingerprint density at radius 3 is 1.91 bits per heavy atom. The third kappa shape index (κ3) is 14.7. The van der Waals surface area contributed by atoms with Crippen LogP contribution >= 0.6 is 0 Å². The van der Waals surface area contributed by atoms with Crippen molar-refractivity contribution in [2.45, 2.75) is 138 Å². The summed E-state index contributed by atoms with van der Waals surface area (Å²) in [6, 6.07) is -1.37. The van der Waals surface area contributed by atoms with E-state index in [1.54, 1.807) is 37.8 Å². The Kier molecular flexibility index (Phi) is 28.4. The van der Waals surface area contributed by atoms with E-state index in [0.717, 1.165) is 12.8 Å². The summed E-state index contributed by atoms with van der Waals surface area (Å²) in [5, 5.41) is 2.74. The van der Waals surface area contributed by atoms with E-state index < -0.39 is 30.1 Å². The number of nitrogens with two attached hydrogens (primary N) is 1. The van der Waals surface area contributed by atoms with Crippen molar-refractivity contribution in [1.82, 2.24) is 15.1 Å². The van der Waals surface area contributed by atoms with Gasteiger partial charge >= 0.3 is 5.97 Å². The molecule has 0 bridgehead atoms. The molecule has 0 aromatic rings. The van der Waals surface area contributed by atoms with Crippen molar-refractivity contribution in [3.8, 4) is 0 Å². The Balaban J connectivity index is -0.00000221. The quantitative estimate of drug-likeness (QED) is 0.253. The molecule has 0 radical (unpaired) electrons. The zero-order valence-electron chi connectivity index (χ0n) is 30.5. The van der Waals surface area contributed by atoms with Crippen LogP contribution in [0, 0.1) is 11.8 Å². The number of rotatable bonds is 15. The van der Waals surface area contributed by atoms with Gasteiger partial charge in [0, 0.05) is 27.8 Å². The number of hydrogen-bond donors (Lipinski definition) is 2. The number of ether oxygens (including phenoxy) is 3. The molecule has 3 N–H and O–H groups in total. The summed E-state index contributed by atoms with van der Waals surface area (Å²) in [4.78, 5) is 54.2. The minimum atomic E-state index is -0.744. The first-order valence-corrected chi connectivity index (χ1v) is 16.6. The van der Waals surface area contributed by atoms with Gasteiger partial charge < -0.3 is 35.1 Å². The first kappa shape index (κ1) is 46.2. The van der Waals surface area contributed by atoms with Crippen molar-refractivity contribution >= 4 is 23.7 Å². The minimum Gasteiger partial charge on any atom is -0.467 e. The first-order chi connectivity index (χ1) is 20.9. The van der Waals surface area contributed by atoms with E-state index in [2.05, 4.69) is 19.2 Å². The zero-order chi connectivity index (χ0) is 35.0. The number of carbonyl (C=O) groups excluding carboxylic acids is 4. The van der Waals surface area contributed by atoms with Gasteiger partial charge in [0.05, 0.1) is 50.3 Å². The summed E-state index contributed by atoms with van der Waals surface area (Å²) in [5.41, 5.74) is 5.60. The third-order valence-corrected chi connectivity index (χ3v) is 7.69. The molecule has 44 heavy (non-hydrogen) atoms. The number of likely N-dealkylation sites (N-methyl/N-ethyl adjacent to an activating group) is 1. The highest BCUT2D eigenvalue weighted by Crippen LogP contribution is 2.29. The monoisotopic (exact) mass is 633 g/mol. The SMILES string of the molecule is CC.CC.CCC.CCC(C)C(C(CC(=O)N1CCCC1C(OC)C(C)C(=O)N[C@@H](CC)C(=O)OC)OC)N(C)C(=O)CN. The van der Waals surface area contributed by atoms with E-state index in [1.165, 1.54) is 20.6 Å². The van der Waals surface area contributed by atoms with Gasteiger partial charge in [-0.05, 0) is 25.2 Å². The number of esters is 1. The lowest BCUT2D eigenvalue weighted by Gasteiger charge is -2.39. The van der Waals surface area contributed by atoms with E-state index >= 15 is 0 Å². The fraction of sp³-hybridized carbons (Fsp3) is 0.879. The lowest BCUT2D eigenvalue weighted by Crippen LogP contribution is -2.54. The summed E-state index contributed by atoms with van der Waals surface area (Å²) in [7, 11) is 6.05. The van der Waals surface area contributed by atoms with Gasteiger partial charge in [-0.15, -0.1) is 0 Å². The van der Waals surface area contributed by atoms with Crippen LogP contribution in [0.2, 0.25) is 0 Å². The summed E-state index contributed by atoms with van der Waals surface area (Å²) in [5.74, 6) is -1.69. The second kappa shape index (κ2) is 27.1. The second-order valence-electron chi connectivity index (χ2n) is 10.5. The number of nitrogens with zero attached hydrogens (tertiary/aromatic N) is 2. The molecule has 11 nitrogen and oxygen atoms in total. The van der Waals surface area contributed by atoms with Crippen molar-refractivity contribution in [2.75, 3.05) is 41.5 Å². The number of carbonyl (C=O) groups is 4. The molecule has 1 aliphatic rings. The predicted octanol–water partition coefficient (Wildman–Crippen LogP) is 4.40. The zero-order valence-corrected chi connectivity index (χ0v) is 30.5. The van der Waals surface area contributed by atoms with E-state index in [-0.39, 0.29) is 48.7 Å². The number of amides is 3. The predicted molar refractivity (Wildman–Crippen MR) is 178 cm³/mol. The van der Waals surface area contributed by atoms with Crippen LogP contribution in [0.25, 0.3) is 0 Å². The van der Waals surface area contributed by atoms with Crippen LogP contribution in [0.1, 0.15) is 108 Å². The first-order valence-electron chi connectivity index (χ1n) is 16.6. The smallest absolute Gasteiger partial charge is 0.328 e. The summed E-state index contributed by atoms with van der Waals surface area (Å²) in [6.45, 7) is 20.3. The van der Waals surface area contributed by atoms with E-state index in [1.807, 2.05) is 41.5 Å². The molecular weight excluding hydrogens is 564 g/mol. The third-order valence-electron chi connectivity index (χ3n) is 7.69. The van der Waals surface area contributed by atoms with Crippen molar-refractivity contribution in [3.05, 3.63) is 0 Å². The van der Waals surface area contributed by atoms with Crippen molar-refractivity contribution in [3.63, 3.8) is 0 Å². The number of hydrogen-bond acceptors (Lipinski definition) is 8. The molecule has 0 aromatic carbocycles. The fourth-order valence-electron chi connectivity index (χ4n) is 5.24. The van der Waals surface area contributed by atoms with Crippen molar-refractivity contribution in [1.29, 1.82) is 0 Å². The summed E-state index contributed by atoms with van der Waals surface area (Å²) < 4.78 is 16.3. The maximum Gasteiger partial charge on any atom is 0.328 e. The van der Waals surface area contributed by atoms with E-state index in [9.17, 15) is 19.2 Å². The molecule has 7 atom stereocenters. The van der Waals surface area contributed by atoms with Gasteiger partial charge in [0.25, 0.3) is 0 Å². The molecule has 0 spiro atoms. The molecular formula is C33H68N4O7. The molecule has 1 fully saturated rings. The van der Waals surface area contributed by atoms with Gasteiger partial charge in [0.1, 0.15) is 6.04 Å². The Bertz CT molecular complexity index is 783. The van der Waals surface area contributed by atoms with Gasteiger partial charge in [-0.2, -0.15) is 0 Å². The normalized spacial score (nSPS) is 17.8. The van der Waals surface area contributed by atoms with E-state index in [0.29, 0.717) is 19.4 Å². The summed E-state index contributed by atoms with van der Waals surface area (Å²) >= 11 is 0. The lowest BCUT2D eigenvalue weighted by molar-refractivity contribution is -0.148. The lowest BCUT2D eigenvalue weighted by atomic mass is 9.90. The molecule has 3 amide bonds. The van der Waals surface area contributed by atoms with Gasteiger partial charge in [-0.3, -0.25) is 14.4 Å². The van der Waals surface area contributed by atoms with Crippen LogP contribution in [-0.4, -0.2) is 105 Å². The maximum atomic E-state index is 13.6. The molecule has 0 aromatic heterocycles. The van der Waals surface area contributed by atoms with Gasteiger partial charge in [-0.1, -0.05) is 82.1 Å². The minimum absolute atomic E-state index is 0.0848. The summed E-state index contributed by atoms with van der Waals surface area (Å²) in [6.07, 6.45) is 2.92. The highest BCUT2D eigenvalue weighted by molar-refractivity contribution is 5.86. The maximum absolute atomic E-state index is 13.6. The highest BCUT2D eigenvalue weighted by Gasteiger charge is 2.42. The van der Waals surface area contributed by atoms with Crippen LogP contribution < -0.4 is 11.1 Å². The Morgan fingerprint density at radius 1 is 0.955 bits per heavy atom. The number of nitrogens with one attached hydrogen (secondary N) is 1. The molecule has 11 heteroatoms. The van der Waals surface area contributed by atoms with Crippen molar-refractivity contribution in [2.24, 2.45) is 17.6 Å². The van der Waals surface area contributed by atoms with Crippen LogP contribution in [0.5, 0.6) is 0 Å². The average Bonchev–Trinajstić information content (AvgIpc) is 3.54. The molecule has 0 aliphatic carbocycles. The van der Waals surface area contributed by atoms with Crippen molar-refractivity contribution < 1.29 is 33.4 Å². The Labute approximate surface area is 269 Å². The fourth-order valence-corrected chi connectivity index (χ4v) is 5.24. The Hall–Kier alpha value is -2.24. The van der Waals surface area contributed by atoms with E-state index in [4.69, 9.17) is 19.9 Å². The largest absolute Gasteiger partial charge is 0.467 e. The molecule has 1 aliphatic heterocycles. The average molecular weight is 633 g/mol. The van der Waals surface area contributed by atoms with Gasteiger partial charge in [0.2, 0.25) is 17.7 Å². The highest BCUT2D eigenvalue weighted by atomic mass is 16.5. The van der Waals surface area contributed by atoms with Crippen LogP contribution in [0.3, 0.4) is 0 Å². The number of methoxy groups -OCH3 is 3. The molecule has 6 unspecified atom stereocenters. The standard InChI is InChI=1S/C26H48N4O7.C3H8.2C2H6/c1-9-16(3)23(29(5)22(32)15-27)20(35-6)14-21(31)30-13-11-12-19(30)24(36-7)17(4)25(33)28-18(10-2)26(34)37-8;1-3-2;2*1-2/h16-20,23-24H,9-15,27H2,1-8H3,(H,28,33);3H2,1-2H3;2*1-2H3/t16?,17?,18-,19?,20?,23?,24?;;;/m0.../s1. The van der Waals surface area contributed by atoms with Gasteiger partial charge in [0.15, 0.2) is 0 Å².